The Morgan fingerprint density at radius 3 is 2.68 bits per heavy atom. The molecule has 0 saturated heterocycles. The van der Waals surface area contributed by atoms with E-state index >= 15 is 0 Å². The van der Waals surface area contributed by atoms with Crippen LogP contribution in [-0.2, 0) is 6.42 Å². The third-order valence-corrected chi connectivity index (χ3v) is 4.32. The summed E-state index contributed by atoms with van der Waals surface area (Å²) in [5.41, 5.74) is 3.96. The van der Waals surface area contributed by atoms with Gasteiger partial charge in [-0.2, -0.15) is 5.26 Å². The standard InChI is InChI=1S/C17H17N3OS/c1-11(2)21-14-6-4-13(5-7-14)16-15(8-9-18)20-12(3)10-22-17(20)19-16/h4-7,10-11H,8H2,1-3H3. The van der Waals surface area contributed by atoms with Crippen LogP contribution < -0.4 is 4.74 Å². The lowest BCUT2D eigenvalue weighted by atomic mass is 10.1. The highest BCUT2D eigenvalue weighted by atomic mass is 32.1. The molecule has 2 aromatic heterocycles. The molecule has 0 aliphatic rings. The highest BCUT2D eigenvalue weighted by Crippen LogP contribution is 2.30. The Bertz CT molecular complexity index is 837. The van der Waals surface area contributed by atoms with Gasteiger partial charge in [-0.15, -0.1) is 11.3 Å². The number of nitriles is 1. The number of hydrogen-bond acceptors (Lipinski definition) is 4. The van der Waals surface area contributed by atoms with Gasteiger partial charge in [-0.05, 0) is 45.0 Å². The van der Waals surface area contributed by atoms with Crippen molar-refractivity contribution in [1.82, 2.24) is 9.38 Å². The summed E-state index contributed by atoms with van der Waals surface area (Å²) in [5.74, 6) is 0.845. The zero-order valence-electron chi connectivity index (χ0n) is 12.8. The van der Waals surface area contributed by atoms with Gasteiger partial charge < -0.3 is 4.74 Å². The zero-order valence-corrected chi connectivity index (χ0v) is 13.6. The Morgan fingerprint density at radius 1 is 1.32 bits per heavy atom. The van der Waals surface area contributed by atoms with Crippen molar-refractivity contribution in [2.75, 3.05) is 0 Å². The molecule has 0 aliphatic heterocycles. The number of nitrogens with zero attached hydrogens (tertiary/aromatic N) is 3. The lowest BCUT2D eigenvalue weighted by molar-refractivity contribution is 0.242. The third-order valence-electron chi connectivity index (χ3n) is 3.38. The lowest BCUT2D eigenvalue weighted by Gasteiger charge is -2.10. The number of rotatable bonds is 4. The van der Waals surface area contributed by atoms with Crippen LogP contribution in [0.15, 0.2) is 29.6 Å². The smallest absolute Gasteiger partial charge is 0.194 e. The van der Waals surface area contributed by atoms with Crippen molar-refractivity contribution in [1.29, 1.82) is 5.26 Å². The first-order valence-electron chi connectivity index (χ1n) is 7.19. The predicted molar refractivity (Wildman–Crippen MR) is 88.3 cm³/mol. The Morgan fingerprint density at radius 2 is 2.05 bits per heavy atom. The van der Waals surface area contributed by atoms with Crippen molar-refractivity contribution in [2.45, 2.75) is 33.3 Å². The quantitative estimate of drug-likeness (QED) is 0.724. The van der Waals surface area contributed by atoms with Gasteiger partial charge >= 0.3 is 0 Å². The number of benzene rings is 1. The maximum absolute atomic E-state index is 9.13. The Labute approximate surface area is 133 Å². The predicted octanol–water partition coefficient (Wildman–Crippen LogP) is 4.22. The van der Waals surface area contributed by atoms with Crippen LogP contribution in [0.25, 0.3) is 16.2 Å². The van der Waals surface area contributed by atoms with E-state index in [1.54, 1.807) is 11.3 Å². The first-order valence-corrected chi connectivity index (χ1v) is 8.07. The second kappa shape index (κ2) is 5.82. The topological polar surface area (TPSA) is 50.3 Å². The van der Waals surface area contributed by atoms with Crippen molar-refractivity contribution >= 4 is 16.3 Å². The number of hydrogen-bond donors (Lipinski definition) is 0. The molecule has 0 bridgehead atoms. The third kappa shape index (κ3) is 2.58. The van der Waals surface area contributed by atoms with E-state index < -0.39 is 0 Å². The molecule has 0 radical (unpaired) electrons. The zero-order chi connectivity index (χ0) is 15.7. The molecule has 0 N–H and O–H groups in total. The van der Waals surface area contributed by atoms with E-state index in [0.717, 1.165) is 33.4 Å². The molecule has 0 atom stereocenters. The van der Waals surface area contributed by atoms with E-state index in [2.05, 4.69) is 15.8 Å². The SMILES string of the molecule is Cc1csc2nc(-c3ccc(OC(C)C)cc3)c(CC#N)n12. The summed E-state index contributed by atoms with van der Waals surface area (Å²) < 4.78 is 7.74. The van der Waals surface area contributed by atoms with Gasteiger partial charge in [0.1, 0.15) is 5.75 Å². The van der Waals surface area contributed by atoms with Crippen LogP contribution in [0, 0.1) is 18.3 Å². The molecule has 2 heterocycles. The highest BCUT2D eigenvalue weighted by molar-refractivity contribution is 7.15. The van der Waals surface area contributed by atoms with Crippen molar-refractivity contribution in [3.8, 4) is 23.1 Å². The monoisotopic (exact) mass is 311 g/mol. The van der Waals surface area contributed by atoms with Gasteiger partial charge in [0.25, 0.3) is 0 Å². The van der Waals surface area contributed by atoms with E-state index in [1.807, 2.05) is 45.0 Å². The van der Waals surface area contributed by atoms with Gasteiger partial charge in [0.15, 0.2) is 4.96 Å². The van der Waals surface area contributed by atoms with Crippen molar-refractivity contribution in [3.63, 3.8) is 0 Å². The summed E-state index contributed by atoms with van der Waals surface area (Å²) >= 11 is 1.60. The molecule has 0 amide bonds. The van der Waals surface area contributed by atoms with Crippen molar-refractivity contribution in [2.24, 2.45) is 0 Å². The van der Waals surface area contributed by atoms with Gasteiger partial charge in [0.2, 0.25) is 0 Å². The number of ether oxygens (including phenoxy) is 1. The van der Waals surface area contributed by atoms with Crippen LogP contribution in [0.5, 0.6) is 5.75 Å². The maximum atomic E-state index is 9.13. The molecule has 0 unspecified atom stereocenters. The minimum absolute atomic E-state index is 0.153. The molecule has 1 aromatic carbocycles. The summed E-state index contributed by atoms with van der Waals surface area (Å²) in [6.45, 7) is 6.05. The van der Waals surface area contributed by atoms with E-state index in [1.165, 1.54) is 0 Å². The number of fused-ring (bicyclic) bond motifs is 1. The molecule has 0 saturated carbocycles. The fraction of sp³-hybridized carbons (Fsp3) is 0.294. The van der Waals surface area contributed by atoms with Crippen molar-refractivity contribution < 1.29 is 4.74 Å². The molecule has 0 fully saturated rings. The molecule has 22 heavy (non-hydrogen) atoms. The lowest BCUT2D eigenvalue weighted by Crippen LogP contribution is -2.05. The number of imidazole rings is 1. The van der Waals surface area contributed by atoms with E-state index in [0.29, 0.717) is 6.42 Å². The number of aromatic nitrogens is 2. The van der Waals surface area contributed by atoms with Gasteiger partial charge in [0, 0.05) is 16.6 Å². The Balaban J connectivity index is 2.06. The summed E-state index contributed by atoms with van der Waals surface area (Å²) in [6, 6.07) is 10.1. The van der Waals surface area contributed by atoms with Gasteiger partial charge in [-0.25, -0.2) is 4.98 Å². The van der Waals surface area contributed by atoms with Crippen LogP contribution in [0.3, 0.4) is 0 Å². The van der Waals surface area contributed by atoms with Gasteiger partial charge in [-0.3, -0.25) is 4.40 Å². The average molecular weight is 311 g/mol. The molecule has 4 nitrogen and oxygen atoms in total. The molecule has 5 heteroatoms. The number of thiazole rings is 1. The molecule has 3 aromatic rings. The van der Waals surface area contributed by atoms with Gasteiger partial charge in [0.05, 0.1) is 30.0 Å². The molecule has 3 rings (SSSR count). The molecular formula is C17H17N3OS. The minimum Gasteiger partial charge on any atom is -0.491 e. The molecule has 0 spiro atoms. The highest BCUT2D eigenvalue weighted by Gasteiger charge is 2.16. The Kier molecular flexibility index (Phi) is 3.86. The second-order valence-corrected chi connectivity index (χ2v) is 6.26. The van der Waals surface area contributed by atoms with E-state index in [-0.39, 0.29) is 6.10 Å². The fourth-order valence-electron chi connectivity index (χ4n) is 2.50. The van der Waals surface area contributed by atoms with Crippen LogP contribution in [0.1, 0.15) is 25.2 Å². The van der Waals surface area contributed by atoms with Gasteiger partial charge in [-0.1, -0.05) is 0 Å². The van der Waals surface area contributed by atoms with Crippen LogP contribution in [0.4, 0.5) is 0 Å². The Hall–Kier alpha value is -2.32. The average Bonchev–Trinajstić information content (AvgIpc) is 3.01. The minimum atomic E-state index is 0.153. The summed E-state index contributed by atoms with van der Waals surface area (Å²) in [7, 11) is 0. The normalized spacial score (nSPS) is 11.0. The first kappa shape index (κ1) is 14.6. The van der Waals surface area contributed by atoms with E-state index in [9.17, 15) is 0 Å². The van der Waals surface area contributed by atoms with E-state index in [4.69, 9.17) is 15.0 Å². The molecule has 0 aliphatic carbocycles. The largest absolute Gasteiger partial charge is 0.491 e. The summed E-state index contributed by atoms with van der Waals surface area (Å²) in [5, 5.41) is 11.2. The van der Waals surface area contributed by atoms with Crippen molar-refractivity contribution in [3.05, 3.63) is 41.0 Å². The molecule has 112 valence electrons. The first-order chi connectivity index (χ1) is 10.6. The maximum Gasteiger partial charge on any atom is 0.194 e. The van der Waals surface area contributed by atoms with Crippen LogP contribution in [0.2, 0.25) is 0 Å². The molecular weight excluding hydrogens is 294 g/mol. The van der Waals surface area contributed by atoms with Crippen LogP contribution >= 0.6 is 11.3 Å². The second-order valence-electron chi connectivity index (χ2n) is 5.43. The number of aryl methyl sites for hydroxylation is 1. The summed E-state index contributed by atoms with van der Waals surface area (Å²) in [4.78, 5) is 5.63. The summed E-state index contributed by atoms with van der Waals surface area (Å²) in [6.07, 6.45) is 0.499. The van der Waals surface area contributed by atoms with Crippen LogP contribution in [-0.4, -0.2) is 15.5 Å². The fourth-order valence-corrected chi connectivity index (χ4v) is 3.38.